The molecule has 7 nitrogen and oxygen atoms in total. The van der Waals surface area contributed by atoms with Gasteiger partial charge < -0.3 is 9.67 Å². The SMILES string of the molecule is Cc1nnc(Sc2ncnc3cc(C(=O)O)ccc23)n1C. The predicted molar refractivity (Wildman–Crippen MR) is 76.4 cm³/mol. The molecule has 0 aliphatic carbocycles. The molecule has 3 rings (SSSR count). The van der Waals surface area contributed by atoms with Crippen molar-refractivity contribution in [2.75, 3.05) is 0 Å². The molecule has 0 saturated carbocycles. The zero-order valence-electron chi connectivity index (χ0n) is 11.3. The molecular weight excluding hydrogens is 290 g/mol. The molecule has 0 aliphatic heterocycles. The standard InChI is InChI=1S/C13H11N5O2S/c1-7-16-17-13(18(7)2)21-11-9-4-3-8(12(19)20)5-10(9)14-6-15-11/h3-6H,1-2H3,(H,19,20). The molecule has 21 heavy (non-hydrogen) atoms. The minimum absolute atomic E-state index is 0.201. The number of fused-ring (bicyclic) bond motifs is 1. The quantitative estimate of drug-likeness (QED) is 0.738. The van der Waals surface area contributed by atoms with Crippen molar-refractivity contribution in [3.8, 4) is 0 Å². The molecule has 0 atom stereocenters. The monoisotopic (exact) mass is 301 g/mol. The summed E-state index contributed by atoms with van der Waals surface area (Å²) >= 11 is 1.37. The zero-order valence-corrected chi connectivity index (χ0v) is 12.1. The predicted octanol–water partition coefficient (Wildman–Crippen LogP) is 1.92. The van der Waals surface area contributed by atoms with Crippen molar-refractivity contribution in [2.45, 2.75) is 17.1 Å². The van der Waals surface area contributed by atoms with Crippen LogP contribution in [0.2, 0.25) is 0 Å². The third kappa shape index (κ3) is 2.45. The molecule has 0 aliphatic rings. The van der Waals surface area contributed by atoms with Gasteiger partial charge in [-0.15, -0.1) is 10.2 Å². The van der Waals surface area contributed by atoms with Gasteiger partial charge in [-0.1, -0.05) is 0 Å². The molecule has 8 heteroatoms. The van der Waals surface area contributed by atoms with Crippen LogP contribution in [-0.2, 0) is 7.05 Å². The Balaban J connectivity index is 2.07. The largest absolute Gasteiger partial charge is 0.478 e. The molecule has 0 radical (unpaired) electrons. The van der Waals surface area contributed by atoms with E-state index in [0.717, 1.165) is 16.4 Å². The van der Waals surface area contributed by atoms with Crippen LogP contribution in [0.5, 0.6) is 0 Å². The summed E-state index contributed by atoms with van der Waals surface area (Å²) in [5.74, 6) is -0.169. The molecule has 3 aromatic rings. The Labute approximate surface area is 124 Å². The van der Waals surface area contributed by atoms with Gasteiger partial charge in [-0.25, -0.2) is 14.8 Å². The van der Waals surface area contributed by atoms with Gasteiger partial charge in [-0.3, -0.25) is 0 Å². The van der Waals surface area contributed by atoms with Crippen molar-refractivity contribution < 1.29 is 9.90 Å². The first kappa shape index (κ1) is 13.5. The fraction of sp³-hybridized carbons (Fsp3) is 0.154. The lowest BCUT2D eigenvalue weighted by Crippen LogP contribution is -1.97. The number of aryl methyl sites for hydroxylation is 1. The number of nitrogens with zero attached hydrogens (tertiary/aromatic N) is 5. The maximum Gasteiger partial charge on any atom is 0.335 e. The number of hydrogen-bond acceptors (Lipinski definition) is 6. The number of carbonyl (C=O) groups is 1. The van der Waals surface area contributed by atoms with E-state index in [-0.39, 0.29) is 5.56 Å². The highest BCUT2D eigenvalue weighted by atomic mass is 32.2. The van der Waals surface area contributed by atoms with Crippen molar-refractivity contribution in [1.82, 2.24) is 24.7 Å². The van der Waals surface area contributed by atoms with E-state index in [1.165, 1.54) is 24.2 Å². The van der Waals surface area contributed by atoms with Crippen LogP contribution in [0.3, 0.4) is 0 Å². The maximum atomic E-state index is 11.0. The summed E-state index contributed by atoms with van der Waals surface area (Å²) in [4.78, 5) is 19.4. The number of aromatic carboxylic acids is 1. The highest BCUT2D eigenvalue weighted by molar-refractivity contribution is 7.99. The van der Waals surface area contributed by atoms with Crippen LogP contribution >= 0.6 is 11.8 Å². The third-order valence-electron chi connectivity index (χ3n) is 3.09. The van der Waals surface area contributed by atoms with Crippen molar-refractivity contribution in [1.29, 1.82) is 0 Å². The molecule has 0 fully saturated rings. The first-order valence-corrected chi connectivity index (χ1v) is 6.90. The van der Waals surface area contributed by atoms with E-state index in [4.69, 9.17) is 5.11 Å². The Morgan fingerprint density at radius 2 is 2.10 bits per heavy atom. The van der Waals surface area contributed by atoms with Gasteiger partial charge in [-0.2, -0.15) is 0 Å². The Kier molecular flexibility index (Phi) is 3.30. The van der Waals surface area contributed by atoms with Gasteiger partial charge in [0.15, 0.2) is 5.16 Å². The molecule has 1 aromatic carbocycles. The third-order valence-corrected chi connectivity index (χ3v) is 4.14. The lowest BCUT2D eigenvalue weighted by molar-refractivity contribution is 0.0697. The highest BCUT2D eigenvalue weighted by Crippen LogP contribution is 2.30. The molecule has 0 bridgehead atoms. The second-order valence-electron chi connectivity index (χ2n) is 4.41. The molecule has 0 spiro atoms. The van der Waals surface area contributed by atoms with E-state index in [9.17, 15) is 4.79 Å². The number of carboxylic acid groups (broad SMARTS) is 1. The summed E-state index contributed by atoms with van der Waals surface area (Å²) in [5, 5.41) is 19.3. The second-order valence-corrected chi connectivity index (χ2v) is 5.36. The van der Waals surface area contributed by atoms with Crippen LogP contribution in [0, 0.1) is 6.92 Å². The maximum absolute atomic E-state index is 11.0. The Hall–Kier alpha value is -2.48. The van der Waals surface area contributed by atoms with Gasteiger partial charge in [0, 0.05) is 12.4 Å². The fourth-order valence-corrected chi connectivity index (χ4v) is 2.72. The number of carboxylic acids is 1. The van der Waals surface area contributed by atoms with E-state index < -0.39 is 5.97 Å². The van der Waals surface area contributed by atoms with Crippen LogP contribution < -0.4 is 0 Å². The summed E-state index contributed by atoms with van der Waals surface area (Å²) in [6, 6.07) is 4.79. The smallest absolute Gasteiger partial charge is 0.335 e. The molecular formula is C13H11N5O2S. The number of hydrogen-bond donors (Lipinski definition) is 1. The van der Waals surface area contributed by atoms with Crippen molar-refractivity contribution >= 4 is 28.6 Å². The van der Waals surface area contributed by atoms with Crippen LogP contribution in [0.4, 0.5) is 0 Å². The van der Waals surface area contributed by atoms with Gasteiger partial charge in [0.05, 0.1) is 11.1 Å². The van der Waals surface area contributed by atoms with Gasteiger partial charge in [0.2, 0.25) is 0 Å². The van der Waals surface area contributed by atoms with Gasteiger partial charge in [-0.05, 0) is 36.9 Å². The zero-order chi connectivity index (χ0) is 15.0. The Morgan fingerprint density at radius 3 is 2.76 bits per heavy atom. The van der Waals surface area contributed by atoms with Gasteiger partial charge in [0.1, 0.15) is 17.2 Å². The lowest BCUT2D eigenvalue weighted by Gasteiger charge is -2.05. The number of aromatic nitrogens is 5. The van der Waals surface area contributed by atoms with E-state index in [2.05, 4.69) is 20.2 Å². The van der Waals surface area contributed by atoms with Crippen LogP contribution in [-0.4, -0.2) is 35.8 Å². The van der Waals surface area contributed by atoms with Gasteiger partial charge in [0.25, 0.3) is 0 Å². The fourth-order valence-electron chi connectivity index (χ4n) is 1.81. The lowest BCUT2D eigenvalue weighted by atomic mass is 10.1. The molecule has 0 unspecified atom stereocenters. The average Bonchev–Trinajstić information content (AvgIpc) is 2.79. The minimum atomic E-state index is -0.978. The normalized spacial score (nSPS) is 11.0. The Bertz CT molecular complexity index is 846. The van der Waals surface area contributed by atoms with Crippen molar-refractivity contribution in [2.24, 2.45) is 7.05 Å². The summed E-state index contributed by atoms with van der Waals surface area (Å²) in [6.07, 6.45) is 1.42. The molecule has 106 valence electrons. The van der Waals surface area contributed by atoms with E-state index in [0.29, 0.717) is 10.5 Å². The van der Waals surface area contributed by atoms with E-state index in [1.54, 1.807) is 12.1 Å². The summed E-state index contributed by atoms with van der Waals surface area (Å²) in [6.45, 7) is 1.87. The summed E-state index contributed by atoms with van der Waals surface area (Å²) in [7, 11) is 1.88. The number of benzene rings is 1. The van der Waals surface area contributed by atoms with Crippen LogP contribution in [0.25, 0.3) is 10.9 Å². The Morgan fingerprint density at radius 1 is 1.29 bits per heavy atom. The molecule has 0 saturated heterocycles. The second kappa shape index (κ2) is 5.13. The topological polar surface area (TPSA) is 93.8 Å². The minimum Gasteiger partial charge on any atom is -0.478 e. The summed E-state index contributed by atoms with van der Waals surface area (Å²) in [5.41, 5.74) is 0.790. The van der Waals surface area contributed by atoms with Crippen molar-refractivity contribution in [3.05, 3.63) is 35.9 Å². The average molecular weight is 301 g/mol. The van der Waals surface area contributed by atoms with Crippen molar-refractivity contribution in [3.63, 3.8) is 0 Å². The highest BCUT2D eigenvalue weighted by Gasteiger charge is 2.12. The molecule has 2 heterocycles. The van der Waals surface area contributed by atoms with Gasteiger partial charge >= 0.3 is 5.97 Å². The summed E-state index contributed by atoms with van der Waals surface area (Å²) < 4.78 is 1.87. The first-order valence-electron chi connectivity index (χ1n) is 6.08. The van der Waals surface area contributed by atoms with E-state index >= 15 is 0 Å². The number of rotatable bonds is 3. The van der Waals surface area contributed by atoms with E-state index in [1.807, 2.05) is 18.5 Å². The van der Waals surface area contributed by atoms with Crippen LogP contribution in [0.1, 0.15) is 16.2 Å². The molecule has 2 aromatic heterocycles. The molecule has 1 N–H and O–H groups in total. The first-order chi connectivity index (χ1) is 10.1. The van der Waals surface area contributed by atoms with Crippen LogP contribution in [0.15, 0.2) is 34.7 Å². The molecule has 0 amide bonds.